The van der Waals surface area contributed by atoms with Gasteiger partial charge in [0.05, 0.1) is 0 Å². The molecule has 3 heteroatoms. The van der Waals surface area contributed by atoms with Crippen molar-refractivity contribution in [1.82, 2.24) is 4.90 Å². The van der Waals surface area contributed by atoms with Crippen molar-refractivity contribution in [3.63, 3.8) is 0 Å². The Hall–Kier alpha value is -0.830. The van der Waals surface area contributed by atoms with Crippen LogP contribution in [0.25, 0.3) is 0 Å². The van der Waals surface area contributed by atoms with Crippen LogP contribution >= 0.6 is 0 Å². The molecule has 1 heterocycles. The molecule has 3 nitrogen and oxygen atoms in total. The molecule has 0 N–H and O–H groups in total. The molecular formula is C8H13NO2. The van der Waals surface area contributed by atoms with Crippen molar-refractivity contribution in [2.45, 2.75) is 26.1 Å². The summed E-state index contributed by atoms with van der Waals surface area (Å²) < 4.78 is 4.96. The minimum Gasteiger partial charge on any atom is -0.443 e. The molecule has 3 unspecified atom stereocenters. The highest BCUT2D eigenvalue weighted by molar-refractivity contribution is 5.81. The average molecular weight is 155 g/mol. The Morgan fingerprint density at radius 3 is 2.82 bits per heavy atom. The molecule has 0 amide bonds. The molecule has 11 heavy (non-hydrogen) atoms. The molecule has 1 aliphatic heterocycles. The number of ether oxygens (including phenoxy) is 1. The molecule has 62 valence electrons. The number of carbonyl (C=O) groups excluding carboxylic acids is 1. The topological polar surface area (TPSA) is 29.3 Å². The molecule has 0 saturated carbocycles. The summed E-state index contributed by atoms with van der Waals surface area (Å²) >= 11 is 0. The first kappa shape index (κ1) is 8.27. The van der Waals surface area contributed by atoms with Gasteiger partial charge in [0.2, 0.25) is 0 Å². The molecule has 1 aliphatic rings. The van der Waals surface area contributed by atoms with E-state index in [-0.39, 0.29) is 12.2 Å². The molecular weight excluding hydrogens is 142 g/mol. The zero-order chi connectivity index (χ0) is 8.43. The molecule has 0 radical (unpaired) electrons. The summed E-state index contributed by atoms with van der Waals surface area (Å²) in [7, 11) is 0. The van der Waals surface area contributed by atoms with Crippen LogP contribution in [0.15, 0.2) is 12.7 Å². The fourth-order valence-electron chi connectivity index (χ4n) is 1.05. The number of esters is 1. The second-order valence-corrected chi connectivity index (χ2v) is 2.79. The van der Waals surface area contributed by atoms with Gasteiger partial charge in [-0.05, 0) is 13.8 Å². The second-order valence-electron chi connectivity index (χ2n) is 2.79. The Kier molecular flexibility index (Phi) is 2.29. The van der Waals surface area contributed by atoms with E-state index in [4.69, 9.17) is 4.74 Å². The van der Waals surface area contributed by atoms with Crippen LogP contribution in [0.1, 0.15) is 13.8 Å². The lowest BCUT2D eigenvalue weighted by Gasteiger charge is -2.12. The Morgan fingerprint density at radius 1 is 1.91 bits per heavy atom. The van der Waals surface area contributed by atoms with E-state index in [1.54, 1.807) is 0 Å². The summed E-state index contributed by atoms with van der Waals surface area (Å²) in [6, 6.07) is 0.558. The molecule has 0 aromatic heterocycles. The van der Waals surface area contributed by atoms with Crippen molar-refractivity contribution in [3.8, 4) is 0 Å². The van der Waals surface area contributed by atoms with Crippen molar-refractivity contribution in [2.75, 3.05) is 6.54 Å². The first-order chi connectivity index (χ1) is 5.15. The van der Waals surface area contributed by atoms with Gasteiger partial charge >= 0.3 is 5.97 Å². The summed E-state index contributed by atoms with van der Waals surface area (Å²) in [4.78, 5) is 12.8. The Bertz CT molecular complexity index is 179. The van der Waals surface area contributed by atoms with Gasteiger partial charge in [0, 0.05) is 18.7 Å². The fourth-order valence-corrected chi connectivity index (χ4v) is 1.05. The fraction of sp³-hybridized carbons (Fsp3) is 0.625. The first-order valence-corrected chi connectivity index (χ1v) is 3.74. The van der Waals surface area contributed by atoms with Gasteiger partial charge in [-0.3, -0.25) is 4.90 Å². The van der Waals surface area contributed by atoms with Crippen molar-refractivity contribution < 1.29 is 9.53 Å². The minimum absolute atomic E-state index is 0.101. The van der Waals surface area contributed by atoms with Crippen LogP contribution < -0.4 is 0 Å². The maximum absolute atomic E-state index is 10.7. The van der Waals surface area contributed by atoms with Crippen molar-refractivity contribution in [3.05, 3.63) is 12.7 Å². The molecule has 0 spiro atoms. The van der Waals surface area contributed by atoms with Crippen LogP contribution in [-0.2, 0) is 9.53 Å². The van der Waals surface area contributed by atoms with Crippen molar-refractivity contribution in [2.24, 2.45) is 0 Å². The SMILES string of the molecule is C=CC(=O)OC(C)N1CC1C. The van der Waals surface area contributed by atoms with Crippen LogP contribution in [-0.4, -0.2) is 29.7 Å². The number of rotatable bonds is 3. The van der Waals surface area contributed by atoms with E-state index in [1.165, 1.54) is 6.08 Å². The van der Waals surface area contributed by atoms with E-state index in [9.17, 15) is 4.79 Å². The molecule has 1 fully saturated rings. The average Bonchev–Trinajstić information content (AvgIpc) is 2.66. The number of hydrogen-bond acceptors (Lipinski definition) is 3. The largest absolute Gasteiger partial charge is 0.443 e. The van der Waals surface area contributed by atoms with E-state index in [0.29, 0.717) is 6.04 Å². The van der Waals surface area contributed by atoms with Gasteiger partial charge in [0.15, 0.2) is 6.23 Å². The van der Waals surface area contributed by atoms with Gasteiger partial charge in [-0.1, -0.05) is 6.58 Å². The third kappa shape index (κ3) is 2.05. The molecule has 0 aromatic rings. The minimum atomic E-state index is -0.350. The summed E-state index contributed by atoms with van der Waals surface area (Å²) in [5, 5.41) is 0. The summed E-state index contributed by atoms with van der Waals surface area (Å²) in [5.41, 5.74) is 0. The number of carbonyl (C=O) groups is 1. The maximum Gasteiger partial charge on any atom is 0.331 e. The highest BCUT2D eigenvalue weighted by Gasteiger charge is 2.35. The lowest BCUT2D eigenvalue weighted by atomic mass is 10.5. The molecule has 3 atom stereocenters. The lowest BCUT2D eigenvalue weighted by Crippen LogP contribution is -2.22. The van der Waals surface area contributed by atoms with E-state index in [1.807, 2.05) is 6.92 Å². The predicted octanol–water partition coefficient (Wildman–Crippen LogP) is 0.766. The van der Waals surface area contributed by atoms with Gasteiger partial charge < -0.3 is 4.74 Å². The van der Waals surface area contributed by atoms with Gasteiger partial charge in [-0.15, -0.1) is 0 Å². The zero-order valence-electron chi connectivity index (χ0n) is 6.91. The van der Waals surface area contributed by atoms with E-state index < -0.39 is 0 Å². The van der Waals surface area contributed by atoms with Crippen molar-refractivity contribution in [1.29, 1.82) is 0 Å². The summed E-state index contributed by atoms with van der Waals surface area (Å²) in [6.07, 6.45) is 1.08. The normalized spacial score (nSPS) is 30.7. The van der Waals surface area contributed by atoms with Gasteiger partial charge in [0.1, 0.15) is 0 Å². The van der Waals surface area contributed by atoms with E-state index >= 15 is 0 Å². The highest BCUT2D eigenvalue weighted by atomic mass is 16.6. The van der Waals surface area contributed by atoms with Gasteiger partial charge in [0.25, 0.3) is 0 Å². The number of hydrogen-bond donors (Lipinski definition) is 0. The Morgan fingerprint density at radius 2 is 2.45 bits per heavy atom. The van der Waals surface area contributed by atoms with Crippen LogP contribution in [0.4, 0.5) is 0 Å². The standard InChI is InChI=1S/C8H13NO2/c1-4-8(10)11-7(3)9-5-6(9)2/h4,6-7H,1,5H2,2-3H3. The van der Waals surface area contributed by atoms with Crippen LogP contribution in [0.5, 0.6) is 0 Å². The van der Waals surface area contributed by atoms with Crippen LogP contribution in [0.3, 0.4) is 0 Å². The van der Waals surface area contributed by atoms with Gasteiger partial charge in [-0.25, -0.2) is 4.79 Å². The van der Waals surface area contributed by atoms with Crippen LogP contribution in [0.2, 0.25) is 0 Å². The Balaban J connectivity index is 2.26. The second kappa shape index (κ2) is 3.05. The molecule has 1 saturated heterocycles. The summed E-state index contributed by atoms with van der Waals surface area (Å²) in [6.45, 7) is 8.30. The molecule has 0 bridgehead atoms. The Labute approximate surface area is 66.6 Å². The first-order valence-electron chi connectivity index (χ1n) is 3.74. The third-order valence-corrected chi connectivity index (χ3v) is 1.83. The maximum atomic E-state index is 10.7. The predicted molar refractivity (Wildman–Crippen MR) is 41.9 cm³/mol. The van der Waals surface area contributed by atoms with E-state index in [2.05, 4.69) is 18.4 Å². The summed E-state index contributed by atoms with van der Waals surface area (Å²) in [5.74, 6) is -0.350. The van der Waals surface area contributed by atoms with Crippen molar-refractivity contribution >= 4 is 5.97 Å². The molecule has 1 rings (SSSR count). The lowest BCUT2D eigenvalue weighted by molar-refractivity contribution is -0.147. The van der Waals surface area contributed by atoms with Crippen LogP contribution in [0, 0.1) is 0 Å². The number of nitrogens with zero attached hydrogens (tertiary/aromatic N) is 1. The zero-order valence-corrected chi connectivity index (χ0v) is 6.91. The quantitative estimate of drug-likeness (QED) is 0.342. The smallest absolute Gasteiger partial charge is 0.331 e. The molecule has 0 aliphatic carbocycles. The van der Waals surface area contributed by atoms with E-state index in [0.717, 1.165) is 6.54 Å². The molecule has 0 aromatic carbocycles. The monoisotopic (exact) mass is 155 g/mol. The van der Waals surface area contributed by atoms with Gasteiger partial charge in [-0.2, -0.15) is 0 Å². The highest BCUT2D eigenvalue weighted by Crippen LogP contribution is 2.20. The third-order valence-electron chi connectivity index (χ3n) is 1.83.